The van der Waals surface area contributed by atoms with Gasteiger partial charge in [-0.1, -0.05) is 25.5 Å². The fraction of sp³-hybridized carbons (Fsp3) is 0.269. The van der Waals surface area contributed by atoms with E-state index in [4.69, 9.17) is 0 Å². The molecule has 0 aliphatic carbocycles. The van der Waals surface area contributed by atoms with Gasteiger partial charge in [-0.15, -0.1) is 0 Å². The minimum absolute atomic E-state index is 0.0282. The average molecular weight is 486 g/mol. The zero-order chi connectivity index (χ0) is 25.4. The molecule has 6 nitrogen and oxygen atoms in total. The van der Waals surface area contributed by atoms with Crippen LogP contribution in [-0.4, -0.2) is 26.8 Å². The Morgan fingerprint density at radius 2 is 1.86 bits per heavy atom. The molecule has 0 saturated carbocycles. The van der Waals surface area contributed by atoms with Crippen LogP contribution >= 0.6 is 0 Å². The molecule has 0 bridgehead atoms. The van der Waals surface area contributed by atoms with Gasteiger partial charge in [-0.25, -0.2) is 0 Å². The third-order valence-electron chi connectivity index (χ3n) is 5.50. The number of nitro groups is 1. The number of nitro benzene ring substituents is 1. The van der Waals surface area contributed by atoms with E-state index in [9.17, 15) is 28.1 Å². The molecule has 3 rings (SSSR count). The zero-order valence-electron chi connectivity index (χ0n) is 19.2. The van der Waals surface area contributed by atoms with Crippen molar-refractivity contribution < 1.29 is 22.9 Å². The van der Waals surface area contributed by atoms with Crippen molar-refractivity contribution >= 4 is 17.7 Å². The first kappa shape index (κ1) is 25.7. The van der Waals surface area contributed by atoms with E-state index < -0.39 is 16.7 Å². The molecule has 9 heteroatoms. The first-order valence-electron chi connectivity index (χ1n) is 11.2. The topological polar surface area (TPSA) is 68.4 Å². The van der Waals surface area contributed by atoms with Crippen LogP contribution in [0.15, 0.2) is 72.9 Å². The van der Waals surface area contributed by atoms with Crippen LogP contribution in [0.2, 0.25) is 0 Å². The summed E-state index contributed by atoms with van der Waals surface area (Å²) in [5.74, 6) is -0.219. The van der Waals surface area contributed by atoms with Gasteiger partial charge in [-0.3, -0.25) is 14.9 Å². The highest BCUT2D eigenvalue weighted by Gasteiger charge is 2.30. The SMILES string of the molecule is CCCCN(Cc1cccn1Cc1cccc(C(F)(F)F)c1)C(=O)C=Cc1ccc([N+](=O)[O-])cc1. The monoisotopic (exact) mass is 485 g/mol. The molecule has 1 heterocycles. The summed E-state index contributed by atoms with van der Waals surface area (Å²) in [6, 6.07) is 14.8. The van der Waals surface area contributed by atoms with Crippen LogP contribution in [0.3, 0.4) is 0 Å². The molecular weight excluding hydrogens is 459 g/mol. The standard InChI is InChI=1S/C26H26F3N3O3/c1-2-3-15-31(25(33)14-11-20-9-12-23(13-10-20)32(34)35)19-24-8-5-16-30(24)18-21-6-4-7-22(17-21)26(27,28)29/h4-14,16-17H,2-3,15,18-19H2,1H3. The van der Waals surface area contributed by atoms with Crippen LogP contribution in [-0.2, 0) is 24.1 Å². The number of hydrogen-bond donors (Lipinski definition) is 0. The Balaban J connectivity index is 1.74. The van der Waals surface area contributed by atoms with Crippen molar-refractivity contribution in [2.24, 2.45) is 0 Å². The lowest BCUT2D eigenvalue weighted by Gasteiger charge is -2.22. The van der Waals surface area contributed by atoms with Gasteiger partial charge < -0.3 is 9.47 Å². The van der Waals surface area contributed by atoms with E-state index in [1.807, 2.05) is 17.6 Å². The first-order valence-corrected chi connectivity index (χ1v) is 11.2. The van der Waals surface area contributed by atoms with E-state index >= 15 is 0 Å². The van der Waals surface area contributed by atoms with Gasteiger partial charge in [0.05, 0.1) is 17.0 Å². The maximum atomic E-state index is 13.1. The minimum Gasteiger partial charge on any atom is -0.345 e. The minimum atomic E-state index is -4.41. The Bertz CT molecular complexity index is 1180. The van der Waals surface area contributed by atoms with Crippen molar-refractivity contribution in [3.63, 3.8) is 0 Å². The van der Waals surface area contributed by atoms with E-state index in [2.05, 4.69) is 0 Å². The van der Waals surface area contributed by atoms with Crippen molar-refractivity contribution in [3.8, 4) is 0 Å². The van der Waals surface area contributed by atoms with Gasteiger partial charge >= 0.3 is 6.18 Å². The number of hydrogen-bond acceptors (Lipinski definition) is 3. The largest absolute Gasteiger partial charge is 0.416 e. The highest BCUT2D eigenvalue weighted by Crippen LogP contribution is 2.29. The predicted octanol–water partition coefficient (Wildman–Crippen LogP) is 6.31. The fourth-order valence-electron chi connectivity index (χ4n) is 3.58. The number of rotatable bonds is 10. The number of aromatic nitrogens is 1. The molecule has 184 valence electrons. The molecule has 0 aliphatic rings. The lowest BCUT2D eigenvalue weighted by molar-refractivity contribution is -0.384. The van der Waals surface area contributed by atoms with Gasteiger partial charge in [-0.2, -0.15) is 13.2 Å². The highest BCUT2D eigenvalue weighted by molar-refractivity contribution is 5.91. The molecule has 1 amide bonds. The molecule has 0 N–H and O–H groups in total. The van der Waals surface area contributed by atoms with Crippen LogP contribution in [0.25, 0.3) is 6.08 Å². The van der Waals surface area contributed by atoms with Crippen LogP contribution in [0, 0.1) is 10.1 Å². The molecule has 1 aromatic heterocycles. The van der Waals surface area contributed by atoms with Gasteiger partial charge in [0, 0.05) is 43.2 Å². The lowest BCUT2D eigenvalue weighted by atomic mass is 10.1. The zero-order valence-corrected chi connectivity index (χ0v) is 19.2. The smallest absolute Gasteiger partial charge is 0.345 e. The second-order valence-electron chi connectivity index (χ2n) is 8.12. The Labute approximate surface area is 201 Å². The van der Waals surface area contributed by atoms with Gasteiger partial charge in [0.25, 0.3) is 5.69 Å². The summed E-state index contributed by atoms with van der Waals surface area (Å²) in [4.78, 5) is 24.9. The first-order chi connectivity index (χ1) is 16.7. The van der Waals surface area contributed by atoms with Crippen LogP contribution < -0.4 is 0 Å². The van der Waals surface area contributed by atoms with Gasteiger partial charge in [0.1, 0.15) is 0 Å². The van der Waals surface area contributed by atoms with E-state index in [1.165, 1.54) is 24.3 Å². The number of unbranched alkanes of at least 4 members (excludes halogenated alkanes) is 1. The molecule has 0 unspecified atom stereocenters. The van der Waals surface area contributed by atoms with Crippen molar-refractivity contribution in [1.82, 2.24) is 9.47 Å². The summed E-state index contributed by atoms with van der Waals surface area (Å²) in [5.41, 5.74) is 1.25. The molecule has 0 radical (unpaired) electrons. The van der Waals surface area contributed by atoms with Gasteiger partial charge in [-0.05, 0) is 60.0 Å². The summed E-state index contributed by atoms with van der Waals surface area (Å²) in [6.45, 7) is 3.09. The molecule has 0 fully saturated rings. The molecule has 35 heavy (non-hydrogen) atoms. The van der Waals surface area contributed by atoms with Gasteiger partial charge in [0.15, 0.2) is 0 Å². The van der Waals surface area contributed by atoms with Crippen molar-refractivity contribution in [2.75, 3.05) is 6.54 Å². The van der Waals surface area contributed by atoms with Crippen LogP contribution in [0.5, 0.6) is 0 Å². The number of benzene rings is 2. The third-order valence-corrected chi connectivity index (χ3v) is 5.50. The molecule has 3 aromatic rings. The lowest BCUT2D eigenvalue weighted by Crippen LogP contribution is -2.31. The van der Waals surface area contributed by atoms with Crippen LogP contribution in [0.1, 0.15) is 42.1 Å². The van der Waals surface area contributed by atoms with E-state index in [0.29, 0.717) is 24.2 Å². The Morgan fingerprint density at radius 3 is 2.51 bits per heavy atom. The number of amides is 1. The van der Waals surface area contributed by atoms with Gasteiger partial charge in [0.2, 0.25) is 5.91 Å². The molecule has 0 saturated heterocycles. The Morgan fingerprint density at radius 1 is 1.11 bits per heavy atom. The average Bonchev–Trinajstić information content (AvgIpc) is 3.26. The normalized spacial score (nSPS) is 11.7. The van der Waals surface area contributed by atoms with E-state index in [-0.39, 0.29) is 18.1 Å². The second-order valence-corrected chi connectivity index (χ2v) is 8.12. The number of non-ortho nitro benzene ring substituents is 1. The summed E-state index contributed by atoms with van der Waals surface area (Å²) >= 11 is 0. The maximum absolute atomic E-state index is 13.1. The molecule has 2 aromatic carbocycles. The Kier molecular flexibility index (Phi) is 8.46. The highest BCUT2D eigenvalue weighted by atomic mass is 19.4. The Hall–Kier alpha value is -3.88. The predicted molar refractivity (Wildman–Crippen MR) is 127 cm³/mol. The van der Waals surface area contributed by atoms with Crippen molar-refractivity contribution in [3.05, 3.63) is 105 Å². The molecule has 0 atom stereocenters. The molecule has 0 aliphatic heterocycles. The second kappa shape index (κ2) is 11.5. The van der Waals surface area contributed by atoms with Crippen LogP contribution in [0.4, 0.5) is 18.9 Å². The third kappa shape index (κ3) is 7.30. The number of nitrogens with zero attached hydrogens (tertiary/aromatic N) is 3. The fourth-order valence-corrected chi connectivity index (χ4v) is 3.58. The number of carbonyl (C=O) groups is 1. The van der Waals surface area contributed by atoms with E-state index in [0.717, 1.165) is 30.7 Å². The summed E-state index contributed by atoms with van der Waals surface area (Å²) in [5, 5.41) is 10.8. The maximum Gasteiger partial charge on any atom is 0.416 e. The number of carbonyl (C=O) groups excluding carboxylic acids is 1. The summed E-state index contributed by atoms with van der Waals surface area (Å²) in [6.07, 6.45) is 2.09. The van der Waals surface area contributed by atoms with Crippen molar-refractivity contribution in [1.29, 1.82) is 0 Å². The number of halogens is 3. The van der Waals surface area contributed by atoms with Crippen molar-refractivity contribution in [2.45, 2.75) is 39.0 Å². The van der Waals surface area contributed by atoms with E-state index in [1.54, 1.807) is 41.4 Å². The summed E-state index contributed by atoms with van der Waals surface area (Å²) in [7, 11) is 0. The molecular formula is C26H26F3N3O3. The summed E-state index contributed by atoms with van der Waals surface area (Å²) < 4.78 is 41.0. The molecule has 0 spiro atoms. The quantitative estimate of drug-likeness (QED) is 0.192. The number of alkyl halides is 3.